The number of hydrogen-bond acceptors (Lipinski definition) is 2. The van der Waals surface area contributed by atoms with Gasteiger partial charge in [0.2, 0.25) is 0 Å². The number of carbonyl (C=O) groups is 1. The molecule has 0 bridgehead atoms. The molecule has 0 aliphatic heterocycles. The fourth-order valence-electron chi connectivity index (χ4n) is 1.99. The molecule has 0 radical (unpaired) electrons. The highest BCUT2D eigenvalue weighted by Gasteiger charge is 2.14. The molecule has 0 heterocycles. The minimum absolute atomic E-state index is 0.292. The van der Waals surface area contributed by atoms with E-state index in [9.17, 15) is 4.79 Å². The minimum atomic E-state index is -0.292. The Bertz CT molecular complexity index is 600. The van der Waals surface area contributed by atoms with E-state index in [1.807, 2.05) is 55.5 Å². The van der Waals surface area contributed by atoms with Crippen LogP contribution in [0.25, 0.3) is 5.57 Å². The standard InChI is InChI=1S/C18H18O2/c1-3-13-20-18(19)17-12-8-7-11-16(17)14(2)15-9-5-4-6-10-15/h4-12H,2-3,13H2,1H3. The van der Waals surface area contributed by atoms with Gasteiger partial charge in [0.15, 0.2) is 0 Å². The molecule has 0 aliphatic rings. The maximum absolute atomic E-state index is 12.1. The van der Waals surface area contributed by atoms with Crippen molar-refractivity contribution in [1.82, 2.24) is 0 Å². The highest BCUT2D eigenvalue weighted by atomic mass is 16.5. The molecule has 0 amide bonds. The van der Waals surface area contributed by atoms with Crippen LogP contribution in [-0.4, -0.2) is 12.6 Å². The highest BCUT2D eigenvalue weighted by molar-refractivity contribution is 5.97. The zero-order valence-corrected chi connectivity index (χ0v) is 11.6. The molecule has 2 nitrogen and oxygen atoms in total. The average Bonchev–Trinajstić information content (AvgIpc) is 2.52. The molecule has 0 N–H and O–H groups in total. The van der Waals surface area contributed by atoms with E-state index in [4.69, 9.17) is 4.74 Å². The molecule has 0 unspecified atom stereocenters. The summed E-state index contributed by atoms with van der Waals surface area (Å²) >= 11 is 0. The average molecular weight is 266 g/mol. The summed E-state index contributed by atoms with van der Waals surface area (Å²) in [6, 6.07) is 17.3. The van der Waals surface area contributed by atoms with Crippen molar-refractivity contribution in [1.29, 1.82) is 0 Å². The second kappa shape index (κ2) is 6.71. The first-order valence-electron chi connectivity index (χ1n) is 6.75. The van der Waals surface area contributed by atoms with Crippen LogP contribution in [-0.2, 0) is 4.74 Å². The van der Waals surface area contributed by atoms with Crippen LogP contribution in [0.2, 0.25) is 0 Å². The van der Waals surface area contributed by atoms with Gasteiger partial charge in [0.1, 0.15) is 0 Å². The van der Waals surface area contributed by atoms with Gasteiger partial charge in [0.05, 0.1) is 12.2 Å². The summed E-state index contributed by atoms with van der Waals surface area (Å²) in [6.45, 7) is 6.52. The Morgan fingerprint density at radius 2 is 1.60 bits per heavy atom. The first kappa shape index (κ1) is 14.1. The molecule has 0 aliphatic carbocycles. The van der Waals surface area contributed by atoms with E-state index >= 15 is 0 Å². The van der Waals surface area contributed by atoms with Crippen molar-refractivity contribution in [3.63, 3.8) is 0 Å². The van der Waals surface area contributed by atoms with Crippen molar-refractivity contribution in [3.05, 3.63) is 77.9 Å². The smallest absolute Gasteiger partial charge is 0.338 e. The topological polar surface area (TPSA) is 26.3 Å². The lowest BCUT2D eigenvalue weighted by atomic mass is 9.95. The lowest BCUT2D eigenvalue weighted by Gasteiger charge is -2.11. The van der Waals surface area contributed by atoms with Gasteiger partial charge < -0.3 is 4.74 Å². The van der Waals surface area contributed by atoms with E-state index in [1.54, 1.807) is 6.07 Å². The Morgan fingerprint density at radius 3 is 2.25 bits per heavy atom. The van der Waals surface area contributed by atoms with E-state index in [1.165, 1.54) is 0 Å². The van der Waals surface area contributed by atoms with E-state index < -0.39 is 0 Å². The third-order valence-corrected chi connectivity index (χ3v) is 3.03. The van der Waals surface area contributed by atoms with Crippen LogP contribution in [0, 0.1) is 0 Å². The molecule has 0 saturated heterocycles. The Labute approximate surface area is 119 Å². The minimum Gasteiger partial charge on any atom is -0.462 e. The number of benzene rings is 2. The van der Waals surface area contributed by atoms with E-state index in [2.05, 4.69) is 6.58 Å². The summed E-state index contributed by atoms with van der Waals surface area (Å²) in [7, 11) is 0. The zero-order chi connectivity index (χ0) is 14.4. The summed E-state index contributed by atoms with van der Waals surface area (Å²) in [5.41, 5.74) is 3.22. The maximum atomic E-state index is 12.1. The predicted octanol–water partition coefficient (Wildman–Crippen LogP) is 4.31. The Morgan fingerprint density at radius 1 is 1.00 bits per heavy atom. The summed E-state index contributed by atoms with van der Waals surface area (Å²) in [5, 5.41) is 0. The Hall–Kier alpha value is -2.35. The SMILES string of the molecule is C=C(c1ccccc1)c1ccccc1C(=O)OCCC. The predicted molar refractivity (Wildman–Crippen MR) is 81.6 cm³/mol. The highest BCUT2D eigenvalue weighted by Crippen LogP contribution is 2.25. The van der Waals surface area contributed by atoms with Gasteiger partial charge in [0, 0.05) is 0 Å². The van der Waals surface area contributed by atoms with Crippen molar-refractivity contribution >= 4 is 11.5 Å². The molecule has 0 spiro atoms. The monoisotopic (exact) mass is 266 g/mol. The third-order valence-electron chi connectivity index (χ3n) is 3.03. The largest absolute Gasteiger partial charge is 0.462 e. The zero-order valence-electron chi connectivity index (χ0n) is 11.6. The quantitative estimate of drug-likeness (QED) is 0.753. The number of rotatable bonds is 5. The maximum Gasteiger partial charge on any atom is 0.338 e. The normalized spacial score (nSPS) is 10.1. The number of carbonyl (C=O) groups excluding carboxylic acids is 1. The molecule has 0 atom stereocenters. The van der Waals surface area contributed by atoms with Crippen LogP contribution in [0.1, 0.15) is 34.8 Å². The first-order valence-corrected chi connectivity index (χ1v) is 6.75. The third kappa shape index (κ3) is 3.15. The van der Waals surface area contributed by atoms with Gasteiger partial charge in [-0.25, -0.2) is 4.79 Å². The molecule has 20 heavy (non-hydrogen) atoms. The van der Waals surface area contributed by atoms with E-state index in [0.29, 0.717) is 12.2 Å². The van der Waals surface area contributed by atoms with Gasteiger partial charge in [-0.15, -0.1) is 0 Å². The molecular formula is C18H18O2. The molecule has 0 saturated carbocycles. The van der Waals surface area contributed by atoms with Gasteiger partial charge in [-0.3, -0.25) is 0 Å². The van der Waals surface area contributed by atoms with Crippen molar-refractivity contribution in [3.8, 4) is 0 Å². The van der Waals surface area contributed by atoms with Crippen LogP contribution < -0.4 is 0 Å². The van der Waals surface area contributed by atoms with Gasteiger partial charge in [-0.05, 0) is 29.2 Å². The van der Waals surface area contributed by atoms with Crippen molar-refractivity contribution in [2.24, 2.45) is 0 Å². The summed E-state index contributed by atoms with van der Waals surface area (Å²) in [5.74, 6) is -0.292. The molecule has 0 aromatic heterocycles. The van der Waals surface area contributed by atoms with E-state index in [0.717, 1.165) is 23.1 Å². The van der Waals surface area contributed by atoms with Gasteiger partial charge in [-0.2, -0.15) is 0 Å². The molecule has 102 valence electrons. The molecule has 0 fully saturated rings. The second-order valence-electron chi connectivity index (χ2n) is 4.53. The van der Waals surface area contributed by atoms with Crippen LogP contribution in [0.4, 0.5) is 0 Å². The fraction of sp³-hybridized carbons (Fsp3) is 0.167. The van der Waals surface area contributed by atoms with Crippen LogP contribution in [0.15, 0.2) is 61.2 Å². The van der Waals surface area contributed by atoms with Crippen molar-refractivity contribution in [2.45, 2.75) is 13.3 Å². The molecule has 2 aromatic carbocycles. The number of ether oxygens (including phenoxy) is 1. The summed E-state index contributed by atoms with van der Waals surface area (Å²) in [4.78, 5) is 12.1. The van der Waals surface area contributed by atoms with Crippen LogP contribution >= 0.6 is 0 Å². The van der Waals surface area contributed by atoms with Crippen LogP contribution in [0.3, 0.4) is 0 Å². The lowest BCUT2D eigenvalue weighted by Crippen LogP contribution is -2.08. The second-order valence-corrected chi connectivity index (χ2v) is 4.53. The molecular weight excluding hydrogens is 248 g/mol. The molecule has 2 aromatic rings. The van der Waals surface area contributed by atoms with E-state index in [-0.39, 0.29) is 5.97 Å². The Balaban J connectivity index is 2.33. The molecule has 2 rings (SSSR count). The summed E-state index contributed by atoms with van der Waals surface area (Å²) in [6.07, 6.45) is 0.813. The molecule has 2 heteroatoms. The number of hydrogen-bond donors (Lipinski definition) is 0. The lowest BCUT2D eigenvalue weighted by molar-refractivity contribution is 0.0505. The summed E-state index contributed by atoms with van der Waals surface area (Å²) < 4.78 is 5.22. The van der Waals surface area contributed by atoms with Gasteiger partial charge in [-0.1, -0.05) is 62.0 Å². The van der Waals surface area contributed by atoms with Gasteiger partial charge in [0.25, 0.3) is 0 Å². The van der Waals surface area contributed by atoms with Crippen molar-refractivity contribution in [2.75, 3.05) is 6.61 Å². The fourth-order valence-corrected chi connectivity index (χ4v) is 1.99. The Kier molecular flexibility index (Phi) is 4.72. The number of esters is 1. The van der Waals surface area contributed by atoms with Crippen molar-refractivity contribution < 1.29 is 9.53 Å². The van der Waals surface area contributed by atoms with Crippen LogP contribution in [0.5, 0.6) is 0 Å². The van der Waals surface area contributed by atoms with Gasteiger partial charge >= 0.3 is 5.97 Å². The first-order chi connectivity index (χ1) is 9.74.